The van der Waals surface area contributed by atoms with E-state index in [9.17, 15) is 9.59 Å². The van der Waals surface area contributed by atoms with Crippen molar-refractivity contribution in [3.05, 3.63) is 50.8 Å². The van der Waals surface area contributed by atoms with Crippen molar-refractivity contribution in [1.29, 1.82) is 0 Å². The Morgan fingerprint density at radius 2 is 2.06 bits per heavy atom. The molecule has 1 fully saturated rings. The van der Waals surface area contributed by atoms with Gasteiger partial charge >= 0.3 is 5.97 Å². The van der Waals surface area contributed by atoms with E-state index in [1.807, 2.05) is 24.1 Å². The quantitative estimate of drug-likeness (QED) is 0.351. The highest BCUT2D eigenvalue weighted by atomic mass is 35.5. The van der Waals surface area contributed by atoms with Crippen molar-refractivity contribution >= 4 is 35.9 Å². The smallest absolute Gasteiger partial charge is 0.343 e. The number of aromatic nitrogens is 1. The van der Waals surface area contributed by atoms with Gasteiger partial charge in [0.05, 0.1) is 29.8 Å². The van der Waals surface area contributed by atoms with E-state index in [1.165, 1.54) is 6.07 Å². The summed E-state index contributed by atoms with van der Waals surface area (Å²) in [5.74, 6) is 0.0279. The number of carbonyl (C=O) groups excluding carboxylic acids is 1. The van der Waals surface area contributed by atoms with Crippen LogP contribution in [0.25, 0.3) is 0 Å². The number of benzene rings is 1. The van der Waals surface area contributed by atoms with E-state index in [-0.39, 0.29) is 29.2 Å². The predicted octanol–water partition coefficient (Wildman–Crippen LogP) is 2.31. The molecule has 2 aliphatic rings. The first-order valence-corrected chi connectivity index (χ1v) is 11.7. The molecular formula is C24H29BClN2O5. The largest absolute Gasteiger partial charge is 0.492 e. The molecule has 175 valence electrons. The van der Waals surface area contributed by atoms with Crippen LogP contribution in [0, 0.1) is 0 Å². The first kappa shape index (κ1) is 23.7. The zero-order valence-electron chi connectivity index (χ0n) is 19.5. The first-order valence-electron chi connectivity index (χ1n) is 11.3. The van der Waals surface area contributed by atoms with Gasteiger partial charge in [0.15, 0.2) is 5.43 Å². The Morgan fingerprint density at radius 1 is 1.27 bits per heavy atom. The summed E-state index contributed by atoms with van der Waals surface area (Å²) in [6.07, 6.45) is 4.24. The summed E-state index contributed by atoms with van der Waals surface area (Å²) in [5.41, 5.74) is 2.18. The highest BCUT2D eigenvalue weighted by Gasteiger charge is 2.44. The van der Waals surface area contributed by atoms with E-state index in [1.54, 1.807) is 20.2 Å². The molecule has 1 saturated heterocycles. The topological polar surface area (TPSA) is 70.0 Å². The zero-order valence-corrected chi connectivity index (χ0v) is 20.3. The Bertz CT molecular complexity index is 1120. The van der Waals surface area contributed by atoms with E-state index < -0.39 is 5.97 Å². The van der Waals surface area contributed by atoms with Gasteiger partial charge < -0.3 is 19.2 Å². The minimum absolute atomic E-state index is 0.0293. The van der Waals surface area contributed by atoms with E-state index in [0.717, 1.165) is 30.3 Å². The van der Waals surface area contributed by atoms with Crippen LogP contribution in [0.3, 0.4) is 0 Å². The van der Waals surface area contributed by atoms with Crippen molar-refractivity contribution in [3.63, 3.8) is 0 Å². The number of methoxy groups -OCH3 is 1. The lowest BCUT2D eigenvalue weighted by atomic mass is 9.64. The maximum Gasteiger partial charge on any atom is 0.343 e. The van der Waals surface area contributed by atoms with Crippen molar-refractivity contribution in [2.24, 2.45) is 0 Å². The Balaban J connectivity index is 1.80. The number of halogens is 1. The second kappa shape index (κ2) is 9.43. The Morgan fingerprint density at radius 3 is 2.79 bits per heavy atom. The summed E-state index contributed by atoms with van der Waals surface area (Å²) >= 11 is 6.57. The number of esters is 1. The van der Waals surface area contributed by atoms with Gasteiger partial charge in [0.1, 0.15) is 11.3 Å². The second-order valence-electron chi connectivity index (χ2n) is 9.00. The molecule has 1 radical (unpaired) electrons. The average molecular weight is 472 g/mol. The van der Waals surface area contributed by atoms with Gasteiger partial charge in [0.25, 0.3) is 0 Å². The van der Waals surface area contributed by atoms with Crippen molar-refractivity contribution in [2.45, 2.75) is 51.6 Å². The maximum absolute atomic E-state index is 12.8. The molecule has 2 aliphatic heterocycles. The molecular weight excluding hydrogens is 443 g/mol. The van der Waals surface area contributed by atoms with Gasteiger partial charge in [0.2, 0.25) is 7.28 Å². The third-order valence-electron chi connectivity index (χ3n) is 6.28. The molecule has 33 heavy (non-hydrogen) atoms. The van der Waals surface area contributed by atoms with Crippen LogP contribution in [0.1, 0.15) is 62.0 Å². The average Bonchev–Trinajstić information content (AvgIpc) is 3.00. The molecule has 1 aromatic heterocycles. The Kier molecular flexibility index (Phi) is 6.77. The highest BCUT2D eigenvalue weighted by Crippen LogP contribution is 2.42. The number of hydrogen-bond acceptors (Lipinski definition) is 6. The molecule has 0 N–H and O–H groups in total. The molecule has 1 atom stereocenters. The number of ether oxygens (including phenoxy) is 3. The van der Waals surface area contributed by atoms with E-state index in [4.69, 9.17) is 25.8 Å². The van der Waals surface area contributed by atoms with Gasteiger partial charge in [-0.2, -0.15) is 0 Å². The number of carbonyl (C=O) groups is 1. The molecule has 1 unspecified atom stereocenters. The fraction of sp³-hybridized carbons (Fsp3) is 0.500. The lowest BCUT2D eigenvalue weighted by Crippen LogP contribution is -2.52. The van der Waals surface area contributed by atoms with Gasteiger partial charge in [-0.15, -0.1) is 0 Å². The van der Waals surface area contributed by atoms with Gasteiger partial charge in [-0.3, -0.25) is 9.47 Å². The zero-order chi connectivity index (χ0) is 23.8. The van der Waals surface area contributed by atoms with E-state index >= 15 is 0 Å². The summed E-state index contributed by atoms with van der Waals surface area (Å²) in [5, 5.41) is 2.76. The number of rotatable bonds is 7. The van der Waals surface area contributed by atoms with Crippen LogP contribution >= 0.6 is 11.6 Å². The van der Waals surface area contributed by atoms with Crippen molar-refractivity contribution in [1.82, 2.24) is 4.68 Å². The van der Waals surface area contributed by atoms with Crippen LogP contribution < -0.4 is 26.2 Å². The Hall–Kier alpha value is -2.45. The molecule has 9 heteroatoms. The van der Waals surface area contributed by atoms with E-state index in [0.29, 0.717) is 29.6 Å². The third kappa shape index (κ3) is 4.51. The number of hydrogen-bond donors (Lipinski definition) is 0. The molecule has 7 nitrogen and oxygen atoms in total. The van der Waals surface area contributed by atoms with Crippen LogP contribution in [0.4, 0.5) is 0 Å². The van der Waals surface area contributed by atoms with Crippen LogP contribution in [0.15, 0.2) is 29.2 Å². The molecule has 0 bridgehead atoms. The monoisotopic (exact) mass is 471 g/mol. The molecule has 3 heterocycles. The summed E-state index contributed by atoms with van der Waals surface area (Å²) in [7, 11) is 3.61. The molecule has 0 aliphatic carbocycles. The standard InChI is InChI=1S/C24H29BClN2O5/c1-5-32-23(30)16-14-27-22(13-20(16)29)25-17-12-18(26)21(33-10-6-9-31-4)11-15(17)19-7-8-24(2,3)28(19)27/h11-14,19H,5-10H2,1-4H3. The normalized spacial score (nSPS) is 18.0. The summed E-state index contributed by atoms with van der Waals surface area (Å²) in [6, 6.07) is 5.43. The lowest BCUT2D eigenvalue weighted by Gasteiger charge is -2.40. The number of fused-ring (bicyclic) bond motifs is 5. The molecule has 1 aromatic carbocycles. The van der Waals surface area contributed by atoms with Gasteiger partial charge in [-0.25, -0.2) is 4.79 Å². The lowest BCUT2D eigenvalue weighted by molar-refractivity contribution is 0.0523. The number of pyridine rings is 1. The van der Waals surface area contributed by atoms with Crippen LogP contribution in [-0.4, -0.2) is 50.4 Å². The Labute approximate surface area is 199 Å². The van der Waals surface area contributed by atoms with Gasteiger partial charge in [-0.1, -0.05) is 17.1 Å². The van der Waals surface area contributed by atoms with E-state index in [2.05, 4.69) is 18.9 Å². The van der Waals surface area contributed by atoms with Crippen molar-refractivity contribution in [3.8, 4) is 5.75 Å². The predicted molar refractivity (Wildman–Crippen MR) is 129 cm³/mol. The third-order valence-corrected chi connectivity index (χ3v) is 6.58. The minimum Gasteiger partial charge on any atom is -0.492 e. The summed E-state index contributed by atoms with van der Waals surface area (Å²) < 4.78 is 18.1. The second-order valence-corrected chi connectivity index (χ2v) is 9.41. The maximum atomic E-state index is 12.8. The van der Waals surface area contributed by atoms with Gasteiger partial charge in [-0.05, 0) is 57.4 Å². The fourth-order valence-corrected chi connectivity index (χ4v) is 4.95. The molecule has 0 saturated carbocycles. The summed E-state index contributed by atoms with van der Waals surface area (Å²) in [4.78, 5) is 25.2. The van der Waals surface area contributed by atoms with Crippen LogP contribution in [-0.2, 0) is 9.47 Å². The molecule has 0 spiro atoms. The molecule has 4 rings (SSSR count). The first-order chi connectivity index (χ1) is 15.8. The van der Waals surface area contributed by atoms with Gasteiger partial charge in [0, 0.05) is 31.9 Å². The highest BCUT2D eigenvalue weighted by molar-refractivity contribution is 6.67. The molecule has 2 aromatic rings. The fourth-order valence-electron chi connectivity index (χ4n) is 4.73. The van der Waals surface area contributed by atoms with Crippen LogP contribution in [0.5, 0.6) is 5.75 Å². The van der Waals surface area contributed by atoms with Crippen LogP contribution in [0.2, 0.25) is 5.02 Å². The number of nitrogens with zero attached hydrogens (tertiary/aromatic N) is 2. The SMILES string of the molecule is CCOC(=O)c1cn2c(cc1=O)[B]c1cc(Cl)c(OCCCOC)cc1C1CCC(C)(C)N12. The van der Waals surface area contributed by atoms with Crippen molar-refractivity contribution in [2.75, 3.05) is 31.9 Å². The minimum atomic E-state index is -0.608. The molecule has 0 amide bonds. The van der Waals surface area contributed by atoms with Crippen molar-refractivity contribution < 1.29 is 19.0 Å². The summed E-state index contributed by atoms with van der Waals surface area (Å²) in [6.45, 7) is 7.40.